The van der Waals surface area contributed by atoms with Crippen LogP contribution in [0.1, 0.15) is 23.2 Å². The number of aromatic nitrogens is 1. The lowest BCUT2D eigenvalue weighted by atomic mass is 9.89. The second-order valence-corrected chi connectivity index (χ2v) is 4.94. The van der Waals surface area contributed by atoms with Crippen molar-refractivity contribution in [3.8, 4) is 0 Å². The Labute approximate surface area is 107 Å². The first-order valence-electron chi connectivity index (χ1n) is 5.28. The van der Waals surface area contributed by atoms with Gasteiger partial charge in [-0.05, 0) is 34.8 Å². The molecule has 1 heterocycles. The normalized spacial score (nSPS) is 22.9. The number of methoxy groups -OCH3 is 1. The summed E-state index contributed by atoms with van der Waals surface area (Å²) in [6, 6.07) is 1.79. The van der Waals surface area contributed by atoms with Crippen LogP contribution in [0.3, 0.4) is 0 Å². The van der Waals surface area contributed by atoms with Crippen molar-refractivity contribution >= 4 is 27.7 Å². The second-order valence-electron chi connectivity index (χ2n) is 4.03. The third-order valence-corrected chi connectivity index (χ3v) is 3.29. The summed E-state index contributed by atoms with van der Waals surface area (Å²) in [6.45, 7) is 0. The van der Waals surface area contributed by atoms with Crippen molar-refractivity contribution in [1.82, 2.24) is 4.98 Å². The molecular formula is C11H13BrN2O3. The van der Waals surface area contributed by atoms with E-state index in [1.807, 2.05) is 0 Å². The molecule has 1 aliphatic carbocycles. The Morgan fingerprint density at radius 2 is 2.35 bits per heavy atom. The van der Waals surface area contributed by atoms with E-state index >= 15 is 0 Å². The number of anilines is 1. The molecule has 0 saturated heterocycles. The topological polar surface area (TPSA) is 71.5 Å². The minimum atomic E-state index is -0.982. The van der Waals surface area contributed by atoms with Crippen LogP contribution >= 0.6 is 15.9 Å². The van der Waals surface area contributed by atoms with Crippen LogP contribution in [0.15, 0.2) is 16.7 Å². The van der Waals surface area contributed by atoms with E-state index in [1.165, 1.54) is 0 Å². The highest BCUT2D eigenvalue weighted by atomic mass is 79.9. The van der Waals surface area contributed by atoms with Gasteiger partial charge in [0.2, 0.25) is 0 Å². The fourth-order valence-electron chi connectivity index (χ4n) is 1.79. The molecule has 0 atom stereocenters. The van der Waals surface area contributed by atoms with Crippen LogP contribution in [0.2, 0.25) is 0 Å². The molecule has 1 aromatic heterocycles. The van der Waals surface area contributed by atoms with E-state index in [-0.39, 0.29) is 17.7 Å². The summed E-state index contributed by atoms with van der Waals surface area (Å²) in [7, 11) is 1.68. The van der Waals surface area contributed by atoms with Crippen molar-refractivity contribution < 1.29 is 14.6 Å². The summed E-state index contributed by atoms with van der Waals surface area (Å²) >= 11 is 3.21. The fourth-order valence-corrected chi connectivity index (χ4v) is 2.12. The molecule has 0 unspecified atom stereocenters. The van der Waals surface area contributed by atoms with Crippen molar-refractivity contribution in [2.45, 2.75) is 25.0 Å². The third kappa shape index (κ3) is 2.76. The van der Waals surface area contributed by atoms with E-state index < -0.39 is 5.97 Å². The van der Waals surface area contributed by atoms with Gasteiger partial charge in [-0.3, -0.25) is 0 Å². The maximum atomic E-state index is 11.1. The molecule has 0 amide bonds. The molecule has 1 fully saturated rings. The SMILES string of the molecule is COC1CC(Nc2ncc(Br)cc2C(=O)O)C1. The number of nitrogens with zero attached hydrogens (tertiary/aromatic N) is 1. The lowest BCUT2D eigenvalue weighted by Crippen LogP contribution is -2.40. The first-order valence-corrected chi connectivity index (χ1v) is 6.07. The van der Waals surface area contributed by atoms with Crippen molar-refractivity contribution in [3.63, 3.8) is 0 Å². The van der Waals surface area contributed by atoms with E-state index in [2.05, 4.69) is 26.2 Å². The highest BCUT2D eigenvalue weighted by Crippen LogP contribution is 2.27. The van der Waals surface area contributed by atoms with Crippen LogP contribution in [-0.4, -0.2) is 35.3 Å². The molecule has 5 nitrogen and oxygen atoms in total. The number of nitrogens with one attached hydrogen (secondary N) is 1. The van der Waals surface area contributed by atoms with E-state index in [0.29, 0.717) is 10.3 Å². The van der Waals surface area contributed by atoms with E-state index in [4.69, 9.17) is 9.84 Å². The second kappa shape index (κ2) is 5.01. The van der Waals surface area contributed by atoms with Gasteiger partial charge in [0, 0.05) is 23.8 Å². The van der Waals surface area contributed by atoms with Crippen LogP contribution in [0.4, 0.5) is 5.82 Å². The fraction of sp³-hybridized carbons (Fsp3) is 0.455. The van der Waals surface area contributed by atoms with Gasteiger partial charge in [0.1, 0.15) is 11.4 Å². The van der Waals surface area contributed by atoms with Gasteiger partial charge in [-0.15, -0.1) is 0 Å². The van der Waals surface area contributed by atoms with Gasteiger partial charge in [-0.1, -0.05) is 0 Å². The summed E-state index contributed by atoms with van der Waals surface area (Å²) in [6.07, 6.45) is 3.62. The number of ether oxygens (including phenoxy) is 1. The molecule has 2 rings (SSSR count). The predicted octanol–water partition coefficient (Wildman–Crippen LogP) is 2.13. The lowest BCUT2D eigenvalue weighted by molar-refractivity contribution is 0.0327. The van der Waals surface area contributed by atoms with Gasteiger partial charge in [0.15, 0.2) is 0 Å². The van der Waals surface area contributed by atoms with E-state index in [9.17, 15) is 4.79 Å². The monoisotopic (exact) mass is 300 g/mol. The Balaban J connectivity index is 2.08. The lowest BCUT2D eigenvalue weighted by Gasteiger charge is -2.35. The highest BCUT2D eigenvalue weighted by Gasteiger charge is 2.30. The van der Waals surface area contributed by atoms with Gasteiger partial charge >= 0.3 is 5.97 Å². The van der Waals surface area contributed by atoms with E-state index in [1.54, 1.807) is 19.4 Å². The zero-order valence-electron chi connectivity index (χ0n) is 9.31. The predicted molar refractivity (Wildman–Crippen MR) is 66.3 cm³/mol. The largest absolute Gasteiger partial charge is 0.478 e. The minimum absolute atomic E-state index is 0.181. The number of pyridine rings is 1. The molecule has 0 spiro atoms. The number of carbonyl (C=O) groups is 1. The van der Waals surface area contributed by atoms with Crippen LogP contribution in [0.5, 0.6) is 0 Å². The average molecular weight is 301 g/mol. The number of aromatic carboxylic acids is 1. The minimum Gasteiger partial charge on any atom is -0.478 e. The van der Waals surface area contributed by atoms with Crippen LogP contribution < -0.4 is 5.32 Å². The first kappa shape index (κ1) is 12.3. The van der Waals surface area contributed by atoms with Gasteiger partial charge in [-0.25, -0.2) is 9.78 Å². The summed E-state index contributed by atoms with van der Waals surface area (Å²) in [5.74, 6) is -0.566. The summed E-state index contributed by atoms with van der Waals surface area (Å²) < 4.78 is 5.82. The number of hydrogen-bond donors (Lipinski definition) is 2. The molecule has 17 heavy (non-hydrogen) atoms. The van der Waals surface area contributed by atoms with Gasteiger partial charge in [0.05, 0.1) is 6.10 Å². The number of rotatable bonds is 4. The Bertz CT molecular complexity index is 433. The zero-order valence-corrected chi connectivity index (χ0v) is 10.9. The van der Waals surface area contributed by atoms with Crippen molar-refractivity contribution in [2.24, 2.45) is 0 Å². The molecule has 0 radical (unpaired) electrons. The zero-order chi connectivity index (χ0) is 12.4. The maximum absolute atomic E-state index is 11.1. The molecule has 6 heteroatoms. The van der Waals surface area contributed by atoms with Crippen LogP contribution in [0, 0.1) is 0 Å². The molecule has 0 bridgehead atoms. The molecule has 2 N–H and O–H groups in total. The maximum Gasteiger partial charge on any atom is 0.339 e. The quantitative estimate of drug-likeness (QED) is 0.891. The number of carboxylic acids is 1. The highest BCUT2D eigenvalue weighted by molar-refractivity contribution is 9.10. The number of hydrogen-bond acceptors (Lipinski definition) is 4. The standard InChI is InChI=1S/C11H13BrN2O3/c1-17-8-3-7(4-8)14-10-9(11(15)16)2-6(12)5-13-10/h2,5,7-8H,3-4H2,1H3,(H,13,14)(H,15,16). The summed E-state index contributed by atoms with van der Waals surface area (Å²) in [5.41, 5.74) is 0.181. The molecule has 0 aromatic carbocycles. The van der Waals surface area contributed by atoms with Crippen LogP contribution in [-0.2, 0) is 4.74 Å². The molecule has 1 saturated carbocycles. The third-order valence-electron chi connectivity index (χ3n) is 2.85. The summed E-state index contributed by atoms with van der Waals surface area (Å²) in [5, 5.41) is 12.2. The molecule has 92 valence electrons. The van der Waals surface area contributed by atoms with E-state index in [0.717, 1.165) is 12.8 Å². The Hall–Kier alpha value is -1.14. The Morgan fingerprint density at radius 3 is 2.94 bits per heavy atom. The van der Waals surface area contributed by atoms with Crippen molar-refractivity contribution in [1.29, 1.82) is 0 Å². The number of halogens is 1. The molecular weight excluding hydrogens is 288 g/mol. The van der Waals surface area contributed by atoms with Crippen LogP contribution in [0.25, 0.3) is 0 Å². The van der Waals surface area contributed by atoms with Crippen molar-refractivity contribution in [2.75, 3.05) is 12.4 Å². The van der Waals surface area contributed by atoms with Gasteiger partial charge < -0.3 is 15.2 Å². The van der Waals surface area contributed by atoms with Crippen molar-refractivity contribution in [3.05, 3.63) is 22.3 Å². The smallest absolute Gasteiger partial charge is 0.339 e. The average Bonchev–Trinajstić information content (AvgIpc) is 2.24. The molecule has 1 aliphatic rings. The Kier molecular flexibility index (Phi) is 3.63. The summed E-state index contributed by atoms with van der Waals surface area (Å²) in [4.78, 5) is 15.1. The molecule has 1 aromatic rings. The molecule has 0 aliphatic heterocycles. The Morgan fingerprint density at radius 1 is 1.65 bits per heavy atom. The first-order chi connectivity index (χ1) is 8.10. The van der Waals surface area contributed by atoms with Gasteiger partial charge in [0.25, 0.3) is 0 Å². The van der Waals surface area contributed by atoms with Gasteiger partial charge in [-0.2, -0.15) is 0 Å². The number of carboxylic acid groups (broad SMARTS) is 1.